The Balaban J connectivity index is 1.79. The van der Waals surface area contributed by atoms with Gasteiger partial charge in [-0.1, -0.05) is 27.2 Å². The second kappa shape index (κ2) is 2.24. The molecule has 0 aromatic rings. The summed E-state index contributed by atoms with van der Waals surface area (Å²) in [6, 6.07) is 0. The molecule has 0 aromatic carbocycles. The van der Waals surface area contributed by atoms with Crippen LogP contribution >= 0.6 is 0 Å². The highest BCUT2D eigenvalue weighted by atomic mass is 14.5. The predicted octanol–water partition coefficient (Wildman–Crippen LogP) is 3.47. The van der Waals surface area contributed by atoms with Crippen molar-refractivity contribution in [2.75, 3.05) is 0 Å². The summed E-state index contributed by atoms with van der Waals surface area (Å²) in [6.07, 6.45) is 5.98. The van der Waals surface area contributed by atoms with Gasteiger partial charge in [-0.15, -0.1) is 0 Å². The van der Waals surface area contributed by atoms with Crippen LogP contribution in [0.2, 0.25) is 0 Å². The molecule has 2 unspecified atom stereocenters. The Morgan fingerprint density at radius 1 is 1.36 bits per heavy atom. The van der Waals surface area contributed by atoms with Crippen LogP contribution in [0.25, 0.3) is 0 Å². The van der Waals surface area contributed by atoms with Gasteiger partial charge in [-0.25, -0.2) is 0 Å². The molecule has 2 aliphatic carbocycles. The minimum atomic E-state index is 0.743. The van der Waals surface area contributed by atoms with Crippen molar-refractivity contribution in [2.24, 2.45) is 23.2 Å². The van der Waals surface area contributed by atoms with E-state index in [-0.39, 0.29) is 0 Å². The Bertz CT molecular complexity index is 153. The quantitative estimate of drug-likeness (QED) is 0.568. The summed E-state index contributed by atoms with van der Waals surface area (Å²) in [4.78, 5) is 0. The van der Waals surface area contributed by atoms with Gasteiger partial charge in [-0.3, -0.25) is 0 Å². The van der Waals surface area contributed by atoms with Crippen LogP contribution in [0.3, 0.4) is 0 Å². The van der Waals surface area contributed by atoms with Crippen molar-refractivity contribution in [3.63, 3.8) is 0 Å². The van der Waals surface area contributed by atoms with Crippen LogP contribution in [0.15, 0.2) is 0 Å². The standard InChI is InChI=1S/C11H20/c1-4-11(3)6-9(7-11)10-5-8(10)2/h8-10H,4-7H2,1-3H3. The van der Waals surface area contributed by atoms with Crippen LogP contribution in [0.1, 0.15) is 46.5 Å². The monoisotopic (exact) mass is 152 g/mol. The summed E-state index contributed by atoms with van der Waals surface area (Å²) in [7, 11) is 0. The second-order valence-corrected chi connectivity index (χ2v) is 5.21. The third kappa shape index (κ3) is 1.21. The van der Waals surface area contributed by atoms with E-state index in [1.54, 1.807) is 0 Å². The van der Waals surface area contributed by atoms with Crippen molar-refractivity contribution in [3.05, 3.63) is 0 Å². The van der Waals surface area contributed by atoms with E-state index >= 15 is 0 Å². The number of rotatable bonds is 2. The molecular weight excluding hydrogens is 132 g/mol. The largest absolute Gasteiger partial charge is 0.0649 e. The minimum absolute atomic E-state index is 0.743. The lowest BCUT2D eigenvalue weighted by molar-refractivity contribution is 0.0527. The maximum atomic E-state index is 2.45. The molecule has 0 heteroatoms. The van der Waals surface area contributed by atoms with Crippen LogP contribution in [0, 0.1) is 23.2 Å². The predicted molar refractivity (Wildman–Crippen MR) is 48.4 cm³/mol. The van der Waals surface area contributed by atoms with Crippen molar-refractivity contribution in [2.45, 2.75) is 46.5 Å². The van der Waals surface area contributed by atoms with Gasteiger partial charge in [0.25, 0.3) is 0 Å². The zero-order chi connectivity index (χ0) is 8.06. The topological polar surface area (TPSA) is 0 Å². The van der Waals surface area contributed by atoms with Gasteiger partial charge in [0.15, 0.2) is 0 Å². The lowest BCUT2D eigenvalue weighted by Crippen LogP contribution is -2.35. The molecular formula is C11H20. The van der Waals surface area contributed by atoms with Crippen molar-refractivity contribution < 1.29 is 0 Å². The summed E-state index contributed by atoms with van der Waals surface area (Å²) in [5.41, 5.74) is 0.743. The highest BCUT2D eigenvalue weighted by molar-refractivity contribution is 4.99. The maximum Gasteiger partial charge on any atom is -0.0323 e. The van der Waals surface area contributed by atoms with Crippen LogP contribution in [-0.2, 0) is 0 Å². The Morgan fingerprint density at radius 2 is 1.91 bits per heavy atom. The molecule has 0 spiro atoms. The molecule has 2 saturated carbocycles. The normalized spacial score (nSPS) is 55.4. The molecule has 0 aliphatic heterocycles. The number of hydrogen-bond acceptors (Lipinski definition) is 0. The summed E-state index contributed by atoms with van der Waals surface area (Å²) in [5, 5.41) is 0. The third-order valence-corrected chi connectivity index (χ3v) is 4.14. The van der Waals surface area contributed by atoms with Gasteiger partial charge in [0.05, 0.1) is 0 Å². The molecule has 0 nitrogen and oxygen atoms in total. The fourth-order valence-corrected chi connectivity index (χ4v) is 2.81. The average Bonchev–Trinajstić information content (AvgIpc) is 2.60. The average molecular weight is 152 g/mol. The molecule has 0 bridgehead atoms. The van der Waals surface area contributed by atoms with E-state index in [1.165, 1.54) is 25.7 Å². The van der Waals surface area contributed by atoms with E-state index in [0.717, 1.165) is 23.2 Å². The fraction of sp³-hybridized carbons (Fsp3) is 1.00. The zero-order valence-electron chi connectivity index (χ0n) is 8.06. The first-order valence-electron chi connectivity index (χ1n) is 5.14. The minimum Gasteiger partial charge on any atom is -0.0649 e. The van der Waals surface area contributed by atoms with Crippen molar-refractivity contribution in [3.8, 4) is 0 Å². The molecule has 2 atom stereocenters. The summed E-state index contributed by atoms with van der Waals surface area (Å²) < 4.78 is 0. The van der Waals surface area contributed by atoms with E-state index in [1.807, 2.05) is 0 Å². The lowest BCUT2D eigenvalue weighted by Gasteiger charge is -2.45. The Morgan fingerprint density at radius 3 is 2.27 bits per heavy atom. The SMILES string of the molecule is CCC1(C)CC(C2CC2C)C1. The van der Waals surface area contributed by atoms with Gasteiger partial charge < -0.3 is 0 Å². The Labute approximate surface area is 70.4 Å². The lowest BCUT2D eigenvalue weighted by atomic mass is 9.60. The molecule has 11 heavy (non-hydrogen) atoms. The second-order valence-electron chi connectivity index (χ2n) is 5.21. The first kappa shape index (κ1) is 7.64. The first-order chi connectivity index (χ1) is 5.14. The smallest absolute Gasteiger partial charge is 0.0323 e. The molecule has 0 N–H and O–H groups in total. The molecule has 0 radical (unpaired) electrons. The molecule has 2 rings (SSSR count). The van der Waals surface area contributed by atoms with E-state index in [0.29, 0.717) is 0 Å². The van der Waals surface area contributed by atoms with Crippen molar-refractivity contribution in [1.82, 2.24) is 0 Å². The highest BCUT2D eigenvalue weighted by Crippen LogP contribution is 2.58. The van der Waals surface area contributed by atoms with E-state index in [9.17, 15) is 0 Å². The van der Waals surface area contributed by atoms with Gasteiger partial charge in [0, 0.05) is 0 Å². The molecule has 0 heterocycles. The van der Waals surface area contributed by atoms with Crippen LogP contribution in [0.4, 0.5) is 0 Å². The molecule has 0 saturated heterocycles. The molecule has 0 amide bonds. The molecule has 0 aromatic heterocycles. The maximum absolute atomic E-state index is 2.45. The molecule has 64 valence electrons. The Hall–Kier alpha value is 0. The fourth-order valence-electron chi connectivity index (χ4n) is 2.81. The van der Waals surface area contributed by atoms with E-state index < -0.39 is 0 Å². The molecule has 2 aliphatic rings. The Kier molecular flexibility index (Phi) is 1.56. The van der Waals surface area contributed by atoms with Crippen LogP contribution < -0.4 is 0 Å². The van der Waals surface area contributed by atoms with Crippen molar-refractivity contribution >= 4 is 0 Å². The van der Waals surface area contributed by atoms with Crippen LogP contribution in [0.5, 0.6) is 0 Å². The van der Waals surface area contributed by atoms with Gasteiger partial charge in [0.2, 0.25) is 0 Å². The first-order valence-corrected chi connectivity index (χ1v) is 5.14. The van der Waals surface area contributed by atoms with Crippen LogP contribution in [-0.4, -0.2) is 0 Å². The van der Waals surface area contributed by atoms with Crippen molar-refractivity contribution in [1.29, 1.82) is 0 Å². The van der Waals surface area contributed by atoms with Gasteiger partial charge in [-0.2, -0.15) is 0 Å². The van der Waals surface area contributed by atoms with Gasteiger partial charge in [-0.05, 0) is 42.4 Å². The third-order valence-electron chi connectivity index (χ3n) is 4.14. The van der Waals surface area contributed by atoms with Gasteiger partial charge in [0.1, 0.15) is 0 Å². The summed E-state index contributed by atoms with van der Waals surface area (Å²) in [5.74, 6) is 3.32. The van der Waals surface area contributed by atoms with E-state index in [2.05, 4.69) is 20.8 Å². The summed E-state index contributed by atoms with van der Waals surface area (Å²) >= 11 is 0. The molecule has 2 fully saturated rings. The van der Waals surface area contributed by atoms with E-state index in [4.69, 9.17) is 0 Å². The number of hydrogen-bond donors (Lipinski definition) is 0. The highest BCUT2D eigenvalue weighted by Gasteiger charge is 2.49. The zero-order valence-corrected chi connectivity index (χ0v) is 8.06. The van der Waals surface area contributed by atoms with Gasteiger partial charge >= 0.3 is 0 Å². The summed E-state index contributed by atoms with van der Waals surface area (Å²) in [6.45, 7) is 7.20.